The van der Waals surface area contributed by atoms with Crippen LogP contribution in [0.25, 0.3) is 0 Å². The number of hydrogen-bond acceptors (Lipinski definition) is 7. The Morgan fingerprint density at radius 1 is 1.14 bits per heavy atom. The van der Waals surface area contributed by atoms with Crippen LogP contribution in [0.2, 0.25) is 0 Å². The lowest BCUT2D eigenvalue weighted by molar-refractivity contribution is -0.0276. The Balaban J connectivity index is 1.43. The summed E-state index contributed by atoms with van der Waals surface area (Å²) in [5.74, 6) is 1.58. The smallest absolute Gasteiger partial charge is 0.132 e. The first kappa shape index (κ1) is 20.0. The molecule has 28 heavy (non-hydrogen) atoms. The minimum absolute atomic E-state index is 0.228. The van der Waals surface area contributed by atoms with Gasteiger partial charge in [-0.3, -0.25) is 10.3 Å². The molecule has 4 unspecified atom stereocenters. The molecule has 3 aliphatic rings. The fourth-order valence-electron chi connectivity index (χ4n) is 5.04. The van der Waals surface area contributed by atoms with E-state index in [-0.39, 0.29) is 6.04 Å². The van der Waals surface area contributed by atoms with Gasteiger partial charge in [-0.05, 0) is 46.1 Å². The molecule has 7 nitrogen and oxygen atoms in total. The first-order valence-corrected chi connectivity index (χ1v) is 11.1. The number of rotatable bonds is 6. The summed E-state index contributed by atoms with van der Waals surface area (Å²) in [5.41, 5.74) is 8.14. The molecule has 0 amide bonds. The Morgan fingerprint density at radius 2 is 1.96 bits per heavy atom. The monoisotopic (exact) mass is 388 g/mol. The minimum atomic E-state index is 0.228. The lowest BCUT2D eigenvalue weighted by atomic mass is 9.79. The van der Waals surface area contributed by atoms with E-state index in [9.17, 15) is 0 Å². The lowest BCUT2D eigenvalue weighted by Gasteiger charge is -2.36. The maximum Gasteiger partial charge on any atom is 0.132 e. The van der Waals surface area contributed by atoms with Crippen LogP contribution < -0.4 is 15.8 Å². The van der Waals surface area contributed by atoms with Gasteiger partial charge in [0.05, 0.1) is 23.9 Å². The molecule has 0 bridgehead atoms. The predicted octanol–water partition coefficient (Wildman–Crippen LogP) is 2.12. The molecule has 2 aliphatic heterocycles. The summed E-state index contributed by atoms with van der Waals surface area (Å²) in [6.45, 7) is 12.0. The van der Waals surface area contributed by atoms with Crippen molar-refractivity contribution in [1.29, 1.82) is 0 Å². The lowest BCUT2D eigenvalue weighted by Crippen LogP contribution is -2.46. The Bertz CT molecular complexity index is 633. The molecule has 1 aliphatic carbocycles. The van der Waals surface area contributed by atoms with Crippen LogP contribution in [0.3, 0.4) is 0 Å². The van der Waals surface area contributed by atoms with Gasteiger partial charge < -0.3 is 9.64 Å². The molecule has 1 aromatic heterocycles. The van der Waals surface area contributed by atoms with Crippen LogP contribution in [0, 0.1) is 5.92 Å². The third-order valence-electron chi connectivity index (χ3n) is 6.40. The van der Waals surface area contributed by atoms with Gasteiger partial charge >= 0.3 is 0 Å². The Morgan fingerprint density at radius 3 is 2.71 bits per heavy atom. The molecule has 0 radical (unpaired) electrons. The van der Waals surface area contributed by atoms with E-state index in [1.54, 1.807) is 6.33 Å². The Hall–Kier alpha value is -1.28. The van der Waals surface area contributed by atoms with Crippen molar-refractivity contribution in [3.8, 4) is 0 Å². The van der Waals surface area contributed by atoms with Crippen LogP contribution in [0.15, 0.2) is 12.4 Å². The fraction of sp³-hybridized carbons (Fsp3) is 0.810. The highest BCUT2D eigenvalue weighted by Gasteiger charge is 2.42. The highest BCUT2D eigenvalue weighted by molar-refractivity contribution is 5.40. The zero-order valence-electron chi connectivity index (χ0n) is 17.6. The molecule has 156 valence electrons. The number of fused-ring (bicyclic) bond motifs is 1. The Labute approximate surface area is 169 Å². The maximum absolute atomic E-state index is 6.13. The van der Waals surface area contributed by atoms with E-state index in [4.69, 9.17) is 4.74 Å². The highest BCUT2D eigenvalue weighted by Crippen LogP contribution is 2.39. The molecular formula is C21H36N6O. The number of piperazine rings is 1. The van der Waals surface area contributed by atoms with E-state index in [0.717, 1.165) is 57.0 Å². The quantitative estimate of drug-likeness (QED) is 0.774. The highest BCUT2D eigenvalue weighted by atomic mass is 16.5. The topological polar surface area (TPSA) is 65.5 Å². The zero-order valence-corrected chi connectivity index (χ0v) is 17.6. The van der Waals surface area contributed by atoms with E-state index in [1.165, 1.54) is 13.0 Å². The van der Waals surface area contributed by atoms with Gasteiger partial charge in [0.15, 0.2) is 0 Å². The second kappa shape index (κ2) is 9.03. The molecule has 0 spiro atoms. The van der Waals surface area contributed by atoms with Gasteiger partial charge in [-0.1, -0.05) is 6.92 Å². The average molecular weight is 389 g/mol. The van der Waals surface area contributed by atoms with Crippen molar-refractivity contribution in [2.75, 3.05) is 37.6 Å². The number of anilines is 1. The van der Waals surface area contributed by atoms with Gasteiger partial charge in [0.2, 0.25) is 0 Å². The van der Waals surface area contributed by atoms with E-state index >= 15 is 0 Å². The molecule has 3 fully saturated rings. The third kappa shape index (κ3) is 4.48. The molecule has 3 heterocycles. The van der Waals surface area contributed by atoms with Gasteiger partial charge in [-0.25, -0.2) is 15.4 Å². The van der Waals surface area contributed by atoms with Crippen molar-refractivity contribution in [3.05, 3.63) is 18.1 Å². The van der Waals surface area contributed by atoms with Crippen LogP contribution in [-0.2, 0) is 4.74 Å². The van der Waals surface area contributed by atoms with E-state index in [1.807, 2.05) is 0 Å². The molecule has 2 saturated heterocycles. The van der Waals surface area contributed by atoms with Gasteiger partial charge in [0.1, 0.15) is 12.1 Å². The number of hydrazine groups is 1. The van der Waals surface area contributed by atoms with Gasteiger partial charge in [-0.2, -0.15) is 0 Å². The molecule has 4 atom stereocenters. The van der Waals surface area contributed by atoms with Crippen LogP contribution in [0.4, 0.5) is 5.82 Å². The fourth-order valence-corrected chi connectivity index (χ4v) is 5.04. The second-order valence-corrected chi connectivity index (χ2v) is 8.79. The average Bonchev–Trinajstić information content (AvgIpc) is 3.12. The summed E-state index contributed by atoms with van der Waals surface area (Å²) in [6, 6.07) is 2.93. The predicted molar refractivity (Wildman–Crippen MR) is 111 cm³/mol. The zero-order chi connectivity index (χ0) is 19.5. The van der Waals surface area contributed by atoms with Crippen LogP contribution >= 0.6 is 0 Å². The standard InChI is InChI=1S/C21H36N6O/c1-4-7-26-8-10-27(11-9-26)20-13-19(22-14-23-20)21-17-12-16(28-15(2)3)5-6-18(17)24-25-21/h13-18,21,24-25H,4-12H2,1-3H3. The Kier molecular flexibility index (Phi) is 6.45. The van der Waals surface area contributed by atoms with Crippen molar-refractivity contribution in [3.63, 3.8) is 0 Å². The van der Waals surface area contributed by atoms with Crippen molar-refractivity contribution >= 4 is 5.82 Å². The van der Waals surface area contributed by atoms with Crippen molar-refractivity contribution in [2.45, 2.75) is 70.7 Å². The second-order valence-electron chi connectivity index (χ2n) is 8.79. The first-order valence-electron chi connectivity index (χ1n) is 11.1. The SMILES string of the molecule is CCCN1CCN(c2cc(C3NNC4CCC(OC(C)C)CC43)ncn2)CC1. The maximum atomic E-state index is 6.13. The van der Waals surface area contributed by atoms with Gasteiger partial charge in [0, 0.05) is 44.2 Å². The summed E-state index contributed by atoms with van der Waals surface area (Å²) in [7, 11) is 0. The van der Waals surface area contributed by atoms with E-state index in [2.05, 4.69) is 57.5 Å². The largest absolute Gasteiger partial charge is 0.376 e. The van der Waals surface area contributed by atoms with Crippen LogP contribution in [0.5, 0.6) is 0 Å². The molecule has 4 rings (SSSR count). The first-order chi connectivity index (χ1) is 13.6. The van der Waals surface area contributed by atoms with Crippen molar-refractivity contribution < 1.29 is 4.74 Å². The number of nitrogens with one attached hydrogen (secondary N) is 2. The molecular weight excluding hydrogens is 352 g/mol. The van der Waals surface area contributed by atoms with Crippen molar-refractivity contribution in [1.82, 2.24) is 25.7 Å². The van der Waals surface area contributed by atoms with Gasteiger partial charge in [0.25, 0.3) is 0 Å². The number of ether oxygens (including phenoxy) is 1. The molecule has 1 aromatic rings. The number of hydrogen-bond donors (Lipinski definition) is 2. The molecule has 1 saturated carbocycles. The summed E-state index contributed by atoms with van der Waals surface area (Å²) in [6.07, 6.45) is 6.99. The van der Waals surface area contributed by atoms with Crippen LogP contribution in [0.1, 0.15) is 58.2 Å². The summed E-state index contributed by atoms with van der Waals surface area (Å²) in [4.78, 5) is 14.2. The number of nitrogens with zero attached hydrogens (tertiary/aromatic N) is 4. The van der Waals surface area contributed by atoms with Gasteiger partial charge in [-0.15, -0.1) is 0 Å². The molecule has 2 N–H and O–H groups in total. The summed E-state index contributed by atoms with van der Waals surface area (Å²) < 4.78 is 6.13. The third-order valence-corrected chi connectivity index (χ3v) is 6.40. The van der Waals surface area contributed by atoms with E-state index < -0.39 is 0 Å². The summed E-state index contributed by atoms with van der Waals surface area (Å²) in [5, 5.41) is 0. The molecule has 0 aromatic carbocycles. The van der Waals surface area contributed by atoms with Crippen molar-refractivity contribution in [2.24, 2.45) is 5.92 Å². The number of aromatic nitrogens is 2. The van der Waals surface area contributed by atoms with E-state index in [0.29, 0.717) is 24.2 Å². The normalized spacial score (nSPS) is 31.4. The molecule has 7 heteroatoms. The minimum Gasteiger partial charge on any atom is -0.376 e. The summed E-state index contributed by atoms with van der Waals surface area (Å²) >= 11 is 0. The van der Waals surface area contributed by atoms with Crippen LogP contribution in [-0.4, -0.2) is 65.8 Å².